The van der Waals surface area contributed by atoms with Crippen molar-refractivity contribution < 1.29 is 5.11 Å². The van der Waals surface area contributed by atoms with E-state index in [-0.39, 0.29) is 11.3 Å². The van der Waals surface area contributed by atoms with Crippen LogP contribution < -0.4 is 5.56 Å². The van der Waals surface area contributed by atoms with Crippen LogP contribution in [0.1, 0.15) is 11.1 Å². The summed E-state index contributed by atoms with van der Waals surface area (Å²) in [7, 11) is 0. The molecular weight excluding hydrogens is 334 g/mol. The Kier molecular flexibility index (Phi) is 3.47. The number of rotatable bonds is 2. The van der Waals surface area contributed by atoms with Crippen LogP contribution in [-0.4, -0.2) is 9.51 Å². The molecule has 2 aromatic heterocycles. The second kappa shape index (κ2) is 5.99. The van der Waals surface area contributed by atoms with Gasteiger partial charge in [-0.15, -0.1) is 0 Å². The van der Waals surface area contributed by atoms with Crippen molar-refractivity contribution in [1.82, 2.24) is 4.40 Å². The van der Waals surface area contributed by atoms with Crippen molar-refractivity contribution in [3.8, 4) is 5.75 Å². The number of para-hydroxylation sites is 1. The maximum absolute atomic E-state index is 13.4. The zero-order valence-corrected chi connectivity index (χ0v) is 14.6. The normalized spacial score (nSPS) is 11.4. The van der Waals surface area contributed by atoms with Gasteiger partial charge in [0.25, 0.3) is 5.56 Å². The first-order valence-corrected chi connectivity index (χ1v) is 8.95. The van der Waals surface area contributed by atoms with Crippen LogP contribution in [0.4, 0.5) is 0 Å². The number of pyridine rings is 2. The Morgan fingerprint density at radius 1 is 0.704 bits per heavy atom. The maximum Gasteiger partial charge on any atom is 0.262 e. The van der Waals surface area contributed by atoms with Crippen molar-refractivity contribution in [2.24, 2.45) is 0 Å². The van der Waals surface area contributed by atoms with Crippen molar-refractivity contribution in [2.75, 3.05) is 0 Å². The van der Waals surface area contributed by atoms with Gasteiger partial charge in [0, 0.05) is 23.3 Å². The molecule has 0 aliphatic rings. The maximum atomic E-state index is 13.4. The number of hydrogen-bond acceptors (Lipinski definition) is 2. The van der Waals surface area contributed by atoms with E-state index in [1.807, 2.05) is 72.8 Å². The molecule has 0 amide bonds. The molecule has 27 heavy (non-hydrogen) atoms. The van der Waals surface area contributed by atoms with Gasteiger partial charge in [-0.2, -0.15) is 0 Å². The van der Waals surface area contributed by atoms with Crippen LogP contribution in [0.15, 0.2) is 89.7 Å². The average molecular weight is 351 g/mol. The molecule has 0 bridgehead atoms. The minimum atomic E-state index is -0.171. The van der Waals surface area contributed by atoms with Crippen molar-refractivity contribution in [3.05, 3.63) is 106 Å². The molecule has 0 spiro atoms. The molecule has 0 radical (unpaired) electrons. The van der Waals surface area contributed by atoms with Gasteiger partial charge in [0.15, 0.2) is 0 Å². The van der Waals surface area contributed by atoms with Gasteiger partial charge in [0.05, 0.1) is 16.6 Å². The van der Waals surface area contributed by atoms with Gasteiger partial charge in [-0.3, -0.25) is 9.20 Å². The lowest BCUT2D eigenvalue weighted by Crippen LogP contribution is -2.19. The SMILES string of the molecule is O=c1c(Cc2ccccc2)c(O)cc2c3ccccc3c3ccccc3n12. The molecule has 3 nitrogen and oxygen atoms in total. The average Bonchev–Trinajstić information content (AvgIpc) is 2.72. The van der Waals surface area contributed by atoms with E-state index in [2.05, 4.69) is 6.07 Å². The molecule has 0 saturated carbocycles. The fourth-order valence-corrected chi connectivity index (χ4v) is 3.88. The molecule has 0 saturated heterocycles. The zero-order valence-electron chi connectivity index (χ0n) is 14.6. The molecule has 5 aromatic rings. The predicted octanol–water partition coefficient (Wildman–Crippen LogP) is 4.90. The Hall–Kier alpha value is -3.59. The third kappa shape index (κ3) is 2.40. The van der Waals surface area contributed by atoms with Crippen LogP contribution in [-0.2, 0) is 6.42 Å². The first-order valence-electron chi connectivity index (χ1n) is 8.95. The van der Waals surface area contributed by atoms with Crippen LogP contribution in [0.25, 0.3) is 27.2 Å². The smallest absolute Gasteiger partial charge is 0.262 e. The molecule has 0 aliphatic heterocycles. The summed E-state index contributed by atoms with van der Waals surface area (Å²) >= 11 is 0. The van der Waals surface area contributed by atoms with E-state index in [1.54, 1.807) is 10.5 Å². The lowest BCUT2D eigenvalue weighted by atomic mass is 10.0. The second-order valence-electron chi connectivity index (χ2n) is 6.76. The molecule has 0 atom stereocenters. The zero-order chi connectivity index (χ0) is 18.4. The molecule has 0 unspecified atom stereocenters. The molecule has 2 heterocycles. The third-order valence-corrected chi connectivity index (χ3v) is 5.15. The molecule has 5 rings (SSSR count). The van der Waals surface area contributed by atoms with Gasteiger partial charge in [-0.1, -0.05) is 72.8 Å². The van der Waals surface area contributed by atoms with E-state index in [0.29, 0.717) is 12.0 Å². The summed E-state index contributed by atoms with van der Waals surface area (Å²) in [5.74, 6) is 0.0456. The van der Waals surface area contributed by atoms with Gasteiger partial charge in [-0.05, 0) is 17.0 Å². The van der Waals surface area contributed by atoms with E-state index in [4.69, 9.17) is 0 Å². The standard InChI is InChI=1S/C24H17NO2/c26-23-15-22-19-12-5-4-10-17(19)18-11-6-7-13-21(18)25(22)24(27)20(23)14-16-8-2-1-3-9-16/h1-13,15,26H,14H2. The molecule has 0 fully saturated rings. The number of aromatic nitrogens is 1. The number of aromatic hydroxyl groups is 1. The lowest BCUT2D eigenvalue weighted by Gasteiger charge is -2.14. The highest BCUT2D eigenvalue weighted by molar-refractivity contribution is 6.12. The van der Waals surface area contributed by atoms with Crippen LogP contribution in [0.2, 0.25) is 0 Å². The topological polar surface area (TPSA) is 41.7 Å². The summed E-state index contributed by atoms with van der Waals surface area (Å²) in [5.41, 5.74) is 2.82. The molecule has 0 aliphatic carbocycles. The summed E-state index contributed by atoms with van der Waals surface area (Å²) in [4.78, 5) is 13.4. The Bertz CT molecular complexity index is 1370. The minimum Gasteiger partial charge on any atom is -0.507 e. The fraction of sp³-hybridized carbons (Fsp3) is 0.0417. The van der Waals surface area contributed by atoms with E-state index < -0.39 is 0 Å². The summed E-state index contributed by atoms with van der Waals surface area (Å²) in [6.45, 7) is 0. The first-order chi connectivity index (χ1) is 13.2. The van der Waals surface area contributed by atoms with Crippen molar-refractivity contribution in [3.63, 3.8) is 0 Å². The predicted molar refractivity (Wildman–Crippen MR) is 110 cm³/mol. The second-order valence-corrected chi connectivity index (χ2v) is 6.76. The number of fused-ring (bicyclic) bond motifs is 6. The lowest BCUT2D eigenvalue weighted by molar-refractivity contribution is 0.468. The highest BCUT2D eigenvalue weighted by Crippen LogP contribution is 2.31. The fourth-order valence-electron chi connectivity index (χ4n) is 3.88. The number of benzene rings is 3. The molecule has 3 heteroatoms. The van der Waals surface area contributed by atoms with Crippen LogP contribution in [0.5, 0.6) is 5.75 Å². The van der Waals surface area contributed by atoms with Crippen LogP contribution >= 0.6 is 0 Å². The van der Waals surface area contributed by atoms with Crippen LogP contribution in [0.3, 0.4) is 0 Å². The quantitative estimate of drug-likeness (QED) is 0.460. The monoisotopic (exact) mass is 351 g/mol. The molecule has 1 N–H and O–H groups in total. The molecular formula is C24H17NO2. The van der Waals surface area contributed by atoms with Crippen molar-refractivity contribution >= 4 is 27.2 Å². The summed E-state index contributed by atoms with van der Waals surface area (Å²) in [5, 5.41) is 13.7. The molecule has 3 aromatic carbocycles. The summed E-state index contributed by atoms with van der Waals surface area (Å²) in [6.07, 6.45) is 0.398. The van der Waals surface area contributed by atoms with Crippen molar-refractivity contribution in [1.29, 1.82) is 0 Å². The van der Waals surface area contributed by atoms with Crippen LogP contribution in [0, 0.1) is 0 Å². The van der Waals surface area contributed by atoms with Gasteiger partial charge in [-0.25, -0.2) is 0 Å². The highest BCUT2D eigenvalue weighted by Gasteiger charge is 2.15. The van der Waals surface area contributed by atoms with Gasteiger partial charge >= 0.3 is 0 Å². The highest BCUT2D eigenvalue weighted by atomic mass is 16.3. The summed E-state index contributed by atoms with van der Waals surface area (Å²) in [6, 6.07) is 27.4. The Balaban J connectivity index is 1.93. The molecule has 130 valence electrons. The third-order valence-electron chi connectivity index (χ3n) is 5.15. The Labute approximate surface area is 155 Å². The van der Waals surface area contributed by atoms with Gasteiger partial charge in [0.1, 0.15) is 5.75 Å². The number of hydrogen-bond donors (Lipinski definition) is 1. The van der Waals surface area contributed by atoms with Gasteiger partial charge < -0.3 is 5.11 Å². The largest absolute Gasteiger partial charge is 0.507 e. The number of nitrogens with zero attached hydrogens (tertiary/aromatic N) is 1. The van der Waals surface area contributed by atoms with E-state index in [9.17, 15) is 9.90 Å². The van der Waals surface area contributed by atoms with E-state index in [0.717, 1.165) is 32.8 Å². The van der Waals surface area contributed by atoms with Crippen molar-refractivity contribution in [2.45, 2.75) is 6.42 Å². The summed E-state index contributed by atoms with van der Waals surface area (Å²) < 4.78 is 1.73. The Morgan fingerprint density at radius 2 is 1.30 bits per heavy atom. The van der Waals surface area contributed by atoms with Gasteiger partial charge in [0.2, 0.25) is 0 Å². The van der Waals surface area contributed by atoms with E-state index >= 15 is 0 Å². The minimum absolute atomic E-state index is 0.0456. The first kappa shape index (κ1) is 15.6. The van der Waals surface area contributed by atoms with E-state index in [1.165, 1.54) is 0 Å². The Morgan fingerprint density at radius 3 is 2.04 bits per heavy atom.